The van der Waals surface area contributed by atoms with Crippen LogP contribution >= 0.6 is 0 Å². The van der Waals surface area contributed by atoms with Crippen molar-refractivity contribution in [3.8, 4) is 17.9 Å². The summed E-state index contributed by atoms with van der Waals surface area (Å²) in [6.07, 6.45) is 2.62. The Labute approximate surface area is 122 Å². The zero-order chi connectivity index (χ0) is 15.1. The van der Waals surface area contributed by atoms with Crippen LogP contribution < -0.4 is 10.1 Å². The molecular formula is C15H14FN3O2. The number of allylic oxidation sites excluding steroid dienone is 1. The maximum Gasteiger partial charge on any atom is 0.150 e. The maximum absolute atomic E-state index is 13.9. The molecule has 0 aromatic heterocycles. The van der Waals surface area contributed by atoms with E-state index < -0.39 is 5.82 Å². The van der Waals surface area contributed by atoms with Gasteiger partial charge in [0.1, 0.15) is 41.1 Å². The molecule has 0 aliphatic carbocycles. The molecule has 2 rings (SSSR count). The predicted molar refractivity (Wildman–Crippen MR) is 73.8 cm³/mol. The summed E-state index contributed by atoms with van der Waals surface area (Å²) in [5.41, 5.74) is -0.0257. The summed E-state index contributed by atoms with van der Waals surface area (Å²) in [5.74, 6) is -0.153. The van der Waals surface area contributed by atoms with Gasteiger partial charge in [-0.3, -0.25) is 0 Å². The Morgan fingerprint density at radius 2 is 2.05 bits per heavy atom. The SMILES string of the molecule is N#CC(C#N)=CNc1c(F)cccc1OC1CCOCC1. The number of halogens is 1. The number of anilines is 1. The van der Waals surface area contributed by atoms with Crippen molar-refractivity contribution in [1.29, 1.82) is 10.5 Å². The van der Waals surface area contributed by atoms with Crippen LogP contribution in [0.15, 0.2) is 30.0 Å². The summed E-state index contributed by atoms with van der Waals surface area (Å²) in [4.78, 5) is 0. The Balaban J connectivity index is 2.18. The van der Waals surface area contributed by atoms with Crippen LogP contribution in [0.3, 0.4) is 0 Å². The molecule has 1 aliphatic rings. The van der Waals surface area contributed by atoms with Crippen LogP contribution in [0.25, 0.3) is 0 Å². The molecule has 1 aromatic carbocycles. The molecule has 21 heavy (non-hydrogen) atoms. The number of hydrogen-bond acceptors (Lipinski definition) is 5. The summed E-state index contributed by atoms with van der Waals surface area (Å²) in [5, 5.41) is 20.0. The van der Waals surface area contributed by atoms with Crippen LogP contribution in [0.1, 0.15) is 12.8 Å². The van der Waals surface area contributed by atoms with Crippen LogP contribution in [-0.4, -0.2) is 19.3 Å². The van der Waals surface area contributed by atoms with Gasteiger partial charge in [-0.2, -0.15) is 10.5 Å². The lowest BCUT2D eigenvalue weighted by Crippen LogP contribution is -2.26. The van der Waals surface area contributed by atoms with E-state index in [1.54, 1.807) is 24.3 Å². The van der Waals surface area contributed by atoms with E-state index in [9.17, 15) is 4.39 Å². The largest absolute Gasteiger partial charge is 0.488 e. The van der Waals surface area contributed by atoms with Gasteiger partial charge >= 0.3 is 0 Å². The molecule has 6 heteroatoms. The Morgan fingerprint density at radius 3 is 2.71 bits per heavy atom. The van der Waals surface area contributed by atoms with Crippen molar-refractivity contribution in [2.75, 3.05) is 18.5 Å². The molecule has 1 saturated heterocycles. The Bertz CT molecular complexity index is 594. The fourth-order valence-electron chi connectivity index (χ4n) is 1.95. The van der Waals surface area contributed by atoms with Gasteiger partial charge < -0.3 is 14.8 Å². The maximum atomic E-state index is 13.9. The van der Waals surface area contributed by atoms with E-state index in [4.69, 9.17) is 20.0 Å². The lowest BCUT2D eigenvalue weighted by Gasteiger charge is -2.24. The van der Waals surface area contributed by atoms with Crippen molar-refractivity contribution < 1.29 is 13.9 Å². The van der Waals surface area contributed by atoms with Gasteiger partial charge in [0.05, 0.1) is 13.2 Å². The third-order valence-corrected chi connectivity index (χ3v) is 3.04. The molecule has 0 unspecified atom stereocenters. The third-order valence-electron chi connectivity index (χ3n) is 3.04. The van der Waals surface area contributed by atoms with E-state index >= 15 is 0 Å². The minimum absolute atomic E-state index is 0.0310. The molecular weight excluding hydrogens is 273 g/mol. The average molecular weight is 287 g/mol. The van der Waals surface area contributed by atoms with Crippen LogP contribution in [0, 0.1) is 28.5 Å². The number of nitrogens with one attached hydrogen (secondary N) is 1. The van der Waals surface area contributed by atoms with Gasteiger partial charge in [-0.05, 0) is 12.1 Å². The van der Waals surface area contributed by atoms with E-state index in [2.05, 4.69) is 5.32 Å². The first-order valence-corrected chi connectivity index (χ1v) is 6.54. The van der Waals surface area contributed by atoms with Crippen molar-refractivity contribution in [3.05, 3.63) is 35.8 Å². The molecule has 1 aliphatic heterocycles. The van der Waals surface area contributed by atoms with Crippen molar-refractivity contribution in [1.82, 2.24) is 0 Å². The molecule has 5 nitrogen and oxygen atoms in total. The minimum Gasteiger partial charge on any atom is -0.488 e. The van der Waals surface area contributed by atoms with E-state index in [0.717, 1.165) is 19.0 Å². The second kappa shape index (κ2) is 7.28. The number of para-hydroxylation sites is 1. The van der Waals surface area contributed by atoms with Gasteiger partial charge in [-0.15, -0.1) is 0 Å². The Hall–Kier alpha value is -2.57. The summed E-state index contributed by atoms with van der Waals surface area (Å²) in [7, 11) is 0. The highest BCUT2D eigenvalue weighted by Gasteiger charge is 2.18. The fourth-order valence-corrected chi connectivity index (χ4v) is 1.95. The summed E-state index contributed by atoms with van der Waals surface area (Å²) in [6.45, 7) is 1.24. The van der Waals surface area contributed by atoms with Crippen molar-refractivity contribution in [2.45, 2.75) is 18.9 Å². The number of nitriles is 2. The van der Waals surface area contributed by atoms with Gasteiger partial charge in [0.25, 0.3) is 0 Å². The molecule has 1 aromatic rings. The molecule has 0 amide bonds. The van der Waals surface area contributed by atoms with Gasteiger partial charge in [0.15, 0.2) is 0 Å². The lowest BCUT2D eigenvalue weighted by molar-refractivity contribution is 0.0258. The van der Waals surface area contributed by atoms with E-state index in [1.165, 1.54) is 6.07 Å². The molecule has 108 valence electrons. The van der Waals surface area contributed by atoms with E-state index in [1.807, 2.05) is 0 Å². The smallest absolute Gasteiger partial charge is 0.150 e. The standard InChI is InChI=1S/C15H14FN3O2/c16-13-2-1-3-14(21-12-4-6-20-7-5-12)15(13)19-10-11(8-17)9-18/h1-3,10,12,19H,4-7H2. The Kier molecular flexibility index (Phi) is 5.14. The monoisotopic (exact) mass is 287 g/mol. The highest BCUT2D eigenvalue weighted by Crippen LogP contribution is 2.30. The van der Waals surface area contributed by atoms with Gasteiger partial charge in [-0.1, -0.05) is 6.07 Å². The molecule has 0 bridgehead atoms. The van der Waals surface area contributed by atoms with Crippen molar-refractivity contribution in [2.24, 2.45) is 0 Å². The molecule has 1 heterocycles. The number of benzene rings is 1. The van der Waals surface area contributed by atoms with Crippen LogP contribution in [-0.2, 0) is 4.74 Å². The second-order valence-electron chi connectivity index (χ2n) is 4.47. The average Bonchev–Trinajstić information content (AvgIpc) is 2.51. The van der Waals surface area contributed by atoms with Gasteiger partial charge in [-0.25, -0.2) is 4.39 Å². The number of rotatable bonds is 4. The zero-order valence-electron chi connectivity index (χ0n) is 11.3. The molecule has 0 spiro atoms. The predicted octanol–water partition coefficient (Wildman–Crippen LogP) is 2.73. The van der Waals surface area contributed by atoms with E-state index in [-0.39, 0.29) is 17.4 Å². The summed E-state index contributed by atoms with van der Waals surface area (Å²) >= 11 is 0. The van der Waals surface area contributed by atoms with E-state index in [0.29, 0.717) is 19.0 Å². The van der Waals surface area contributed by atoms with Gasteiger partial charge in [0, 0.05) is 19.0 Å². The highest BCUT2D eigenvalue weighted by atomic mass is 19.1. The number of hydrogen-bond donors (Lipinski definition) is 1. The molecule has 0 saturated carbocycles. The first kappa shape index (κ1) is 14.8. The third kappa shape index (κ3) is 3.95. The zero-order valence-corrected chi connectivity index (χ0v) is 11.3. The quantitative estimate of drug-likeness (QED) is 0.861. The topological polar surface area (TPSA) is 78.1 Å². The first-order chi connectivity index (χ1) is 10.2. The van der Waals surface area contributed by atoms with Crippen LogP contribution in [0.5, 0.6) is 5.75 Å². The molecule has 0 atom stereocenters. The highest BCUT2D eigenvalue weighted by molar-refractivity contribution is 5.60. The molecule has 0 radical (unpaired) electrons. The van der Waals surface area contributed by atoms with Crippen molar-refractivity contribution >= 4 is 5.69 Å². The van der Waals surface area contributed by atoms with Crippen LogP contribution in [0.4, 0.5) is 10.1 Å². The van der Waals surface area contributed by atoms with Crippen LogP contribution in [0.2, 0.25) is 0 Å². The normalized spacial score (nSPS) is 14.6. The molecule has 1 N–H and O–H groups in total. The molecule has 1 fully saturated rings. The van der Waals surface area contributed by atoms with Crippen molar-refractivity contribution in [3.63, 3.8) is 0 Å². The lowest BCUT2D eigenvalue weighted by atomic mass is 10.1. The Morgan fingerprint density at radius 1 is 1.33 bits per heavy atom. The minimum atomic E-state index is -0.508. The second-order valence-corrected chi connectivity index (χ2v) is 4.47. The number of ether oxygens (including phenoxy) is 2. The summed E-state index contributed by atoms with van der Waals surface area (Å²) < 4.78 is 24.9. The first-order valence-electron chi connectivity index (χ1n) is 6.54. The number of nitrogens with zero attached hydrogens (tertiary/aromatic N) is 2. The summed E-state index contributed by atoms with van der Waals surface area (Å²) in [6, 6.07) is 7.88. The van der Waals surface area contributed by atoms with Gasteiger partial charge in [0.2, 0.25) is 0 Å². The fraction of sp³-hybridized carbons (Fsp3) is 0.333.